The van der Waals surface area contributed by atoms with Gasteiger partial charge >= 0.3 is 0 Å². The number of nitriles is 1. The zero-order valence-corrected chi connectivity index (χ0v) is 16.7. The van der Waals surface area contributed by atoms with Gasteiger partial charge in [0, 0.05) is 24.8 Å². The molecule has 6 heteroatoms. The van der Waals surface area contributed by atoms with Crippen molar-refractivity contribution in [1.82, 2.24) is 4.90 Å². The van der Waals surface area contributed by atoms with Crippen LogP contribution >= 0.6 is 0 Å². The predicted octanol–water partition coefficient (Wildman–Crippen LogP) is 4.14. The van der Waals surface area contributed by atoms with Crippen LogP contribution < -0.4 is 9.64 Å². The van der Waals surface area contributed by atoms with Crippen LogP contribution in [-0.4, -0.2) is 36.5 Å². The van der Waals surface area contributed by atoms with Crippen molar-refractivity contribution in [3.8, 4) is 11.8 Å². The molecule has 1 fully saturated rings. The first-order valence-corrected chi connectivity index (χ1v) is 9.99. The maximum absolute atomic E-state index is 13.2. The fourth-order valence-electron chi connectivity index (χ4n) is 3.29. The topological polar surface area (TPSA) is 56.6 Å². The van der Waals surface area contributed by atoms with Crippen LogP contribution in [0.3, 0.4) is 0 Å². The number of carbonyl (C=O) groups excluding carboxylic acids is 1. The Balaban J connectivity index is 1.71. The molecule has 0 radical (unpaired) electrons. The molecule has 0 heterocycles. The molecular weight excluding hydrogens is 369 g/mol. The largest absolute Gasteiger partial charge is 0.494 e. The lowest BCUT2D eigenvalue weighted by Gasteiger charge is -2.27. The van der Waals surface area contributed by atoms with Crippen LogP contribution in [0.25, 0.3) is 0 Å². The number of amides is 1. The van der Waals surface area contributed by atoms with Gasteiger partial charge in [0.25, 0.3) is 0 Å². The first-order valence-electron chi connectivity index (χ1n) is 9.99. The third-order valence-electron chi connectivity index (χ3n) is 4.91. The summed E-state index contributed by atoms with van der Waals surface area (Å²) < 4.78 is 18.7. The molecule has 0 bridgehead atoms. The highest BCUT2D eigenvalue weighted by molar-refractivity contribution is 5.94. The molecule has 3 rings (SSSR count). The van der Waals surface area contributed by atoms with Crippen LogP contribution in [0, 0.1) is 17.1 Å². The van der Waals surface area contributed by atoms with E-state index in [0.29, 0.717) is 25.7 Å². The summed E-state index contributed by atoms with van der Waals surface area (Å²) in [5.74, 6) is 0.444. The lowest BCUT2D eigenvalue weighted by atomic mass is 10.2. The number of hydrogen-bond donors (Lipinski definition) is 0. The SMILES string of the molecule is CCOc1ccc(N(CCC#N)C(=O)CN(Cc2ccc(F)cc2)C2CC2)cc1. The predicted molar refractivity (Wildman–Crippen MR) is 110 cm³/mol. The van der Waals surface area contributed by atoms with Crippen molar-refractivity contribution in [2.45, 2.75) is 38.8 Å². The second-order valence-corrected chi connectivity index (χ2v) is 7.14. The van der Waals surface area contributed by atoms with Crippen molar-refractivity contribution < 1.29 is 13.9 Å². The lowest BCUT2D eigenvalue weighted by Crippen LogP contribution is -2.41. The number of hydrogen-bond acceptors (Lipinski definition) is 4. The van der Waals surface area contributed by atoms with Crippen LogP contribution in [0.15, 0.2) is 48.5 Å². The third kappa shape index (κ3) is 6.03. The molecule has 0 aliphatic heterocycles. The average molecular weight is 395 g/mol. The molecule has 1 amide bonds. The summed E-state index contributed by atoms with van der Waals surface area (Å²) in [4.78, 5) is 16.9. The fraction of sp³-hybridized carbons (Fsp3) is 0.391. The number of rotatable bonds is 10. The minimum Gasteiger partial charge on any atom is -0.494 e. The minimum absolute atomic E-state index is 0.0431. The van der Waals surface area contributed by atoms with Gasteiger partial charge in [0.2, 0.25) is 5.91 Å². The van der Waals surface area contributed by atoms with E-state index in [-0.39, 0.29) is 24.7 Å². The van der Waals surface area contributed by atoms with Crippen LogP contribution in [0.5, 0.6) is 5.75 Å². The van der Waals surface area contributed by atoms with Crippen LogP contribution in [0.2, 0.25) is 0 Å². The summed E-state index contributed by atoms with van der Waals surface area (Å²) in [6.07, 6.45) is 2.39. The molecular formula is C23H26FN3O2. The van der Waals surface area contributed by atoms with E-state index in [9.17, 15) is 9.18 Å². The quantitative estimate of drug-likeness (QED) is 0.607. The molecule has 152 valence electrons. The Labute approximate surface area is 171 Å². The maximum atomic E-state index is 13.2. The molecule has 1 saturated carbocycles. The van der Waals surface area contributed by atoms with E-state index < -0.39 is 0 Å². The van der Waals surface area contributed by atoms with Crippen LogP contribution in [0.1, 0.15) is 31.7 Å². The van der Waals surface area contributed by atoms with Gasteiger partial charge in [-0.25, -0.2) is 4.39 Å². The zero-order chi connectivity index (χ0) is 20.6. The first-order chi connectivity index (χ1) is 14.1. The standard InChI is InChI=1S/C23H26FN3O2/c1-2-29-22-12-10-21(11-13-22)27(15-3-14-25)23(28)17-26(20-8-9-20)16-18-4-6-19(24)7-5-18/h4-7,10-13,20H,2-3,8-9,15-17H2,1H3. The van der Waals surface area contributed by atoms with E-state index in [1.165, 1.54) is 12.1 Å². The van der Waals surface area contributed by atoms with Gasteiger partial charge in [0.05, 0.1) is 25.6 Å². The Morgan fingerprint density at radius 2 is 1.86 bits per heavy atom. The monoisotopic (exact) mass is 395 g/mol. The molecule has 1 aliphatic carbocycles. The summed E-state index contributed by atoms with van der Waals surface area (Å²) in [7, 11) is 0. The number of carbonyl (C=O) groups is 1. The second kappa shape index (κ2) is 10.0. The smallest absolute Gasteiger partial charge is 0.241 e. The fourth-order valence-corrected chi connectivity index (χ4v) is 3.29. The van der Waals surface area contributed by atoms with Gasteiger partial charge in [0.1, 0.15) is 11.6 Å². The van der Waals surface area contributed by atoms with E-state index in [4.69, 9.17) is 10.00 Å². The highest BCUT2D eigenvalue weighted by Crippen LogP contribution is 2.29. The number of benzene rings is 2. The van der Waals surface area contributed by atoms with Gasteiger partial charge < -0.3 is 9.64 Å². The minimum atomic E-state index is -0.263. The van der Waals surface area contributed by atoms with Crippen LogP contribution in [-0.2, 0) is 11.3 Å². The highest BCUT2D eigenvalue weighted by atomic mass is 19.1. The van der Waals surface area contributed by atoms with Gasteiger partial charge in [-0.05, 0) is 61.7 Å². The first kappa shape index (κ1) is 20.8. The Bertz CT molecular complexity index is 842. The summed E-state index contributed by atoms with van der Waals surface area (Å²) >= 11 is 0. The Hall–Kier alpha value is -2.91. The molecule has 2 aromatic rings. The van der Waals surface area contributed by atoms with Crippen molar-refractivity contribution >= 4 is 11.6 Å². The van der Waals surface area contributed by atoms with E-state index in [0.717, 1.165) is 29.8 Å². The Kier molecular flexibility index (Phi) is 7.20. The van der Waals surface area contributed by atoms with E-state index in [1.807, 2.05) is 31.2 Å². The third-order valence-corrected chi connectivity index (χ3v) is 4.91. The Morgan fingerprint density at radius 3 is 2.45 bits per heavy atom. The lowest BCUT2D eigenvalue weighted by molar-refractivity contribution is -0.120. The van der Waals surface area contributed by atoms with Gasteiger partial charge in [-0.1, -0.05) is 12.1 Å². The molecule has 5 nitrogen and oxygen atoms in total. The summed E-state index contributed by atoms with van der Waals surface area (Å²) in [5.41, 5.74) is 1.74. The molecule has 0 saturated heterocycles. The summed E-state index contributed by atoms with van der Waals surface area (Å²) in [5, 5.41) is 9.01. The van der Waals surface area contributed by atoms with Crippen molar-refractivity contribution in [1.29, 1.82) is 5.26 Å². The van der Waals surface area contributed by atoms with Gasteiger partial charge in [-0.15, -0.1) is 0 Å². The average Bonchev–Trinajstić information content (AvgIpc) is 3.56. The molecule has 0 N–H and O–H groups in total. The molecule has 2 aromatic carbocycles. The summed E-state index contributed by atoms with van der Waals surface area (Å²) in [6, 6.07) is 16.3. The van der Waals surface area contributed by atoms with Gasteiger partial charge in [-0.2, -0.15) is 5.26 Å². The molecule has 0 aromatic heterocycles. The number of anilines is 1. The van der Waals surface area contributed by atoms with Crippen molar-refractivity contribution in [2.24, 2.45) is 0 Å². The van der Waals surface area contributed by atoms with Gasteiger partial charge in [0.15, 0.2) is 0 Å². The number of nitrogens with zero attached hydrogens (tertiary/aromatic N) is 3. The zero-order valence-electron chi connectivity index (χ0n) is 16.7. The van der Waals surface area contributed by atoms with Crippen molar-refractivity contribution in [3.05, 3.63) is 59.9 Å². The maximum Gasteiger partial charge on any atom is 0.241 e. The Morgan fingerprint density at radius 1 is 1.17 bits per heavy atom. The van der Waals surface area contributed by atoms with Gasteiger partial charge in [-0.3, -0.25) is 9.69 Å². The van der Waals surface area contributed by atoms with E-state index in [1.54, 1.807) is 17.0 Å². The van der Waals surface area contributed by atoms with Crippen molar-refractivity contribution in [2.75, 3.05) is 24.6 Å². The molecule has 1 aliphatic rings. The summed E-state index contributed by atoms with van der Waals surface area (Å²) in [6.45, 7) is 3.71. The van der Waals surface area contributed by atoms with E-state index >= 15 is 0 Å². The molecule has 0 unspecified atom stereocenters. The van der Waals surface area contributed by atoms with Crippen LogP contribution in [0.4, 0.5) is 10.1 Å². The number of ether oxygens (including phenoxy) is 1. The van der Waals surface area contributed by atoms with Crippen molar-refractivity contribution in [3.63, 3.8) is 0 Å². The van der Waals surface area contributed by atoms with E-state index in [2.05, 4.69) is 11.0 Å². The molecule has 0 atom stereocenters. The highest BCUT2D eigenvalue weighted by Gasteiger charge is 2.31. The number of halogens is 1. The normalized spacial score (nSPS) is 13.2. The molecule has 29 heavy (non-hydrogen) atoms. The second-order valence-electron chi connectivity index (χ2n) is 7.14. The molecule has 0 spiro atoms.